The zero-order valence-electron chi connectivity index (χ0n) is 10.4. The number of carbonyl (C=O) groups excluding carboxylic acids is 2. The van der Waals surface area contributed by atoms with Gasteiger partial charge in [-0.25, -0.2) is 9.59 Å². The molecule has 102 valence electrons. The van der Waals surface area contributed by atoms with Crippen molar-refractivity contribution in [2.75, 3.05) is 13.6 Å². The van der Waals surface area contributed by atoms with Crippen LogP contribution in [0.2, 0.25) is 0 Å². The fourth-order valence-corrected chi connectivity index (χ4v) is 1.38. The standard InChI is InChI=1S/C12H15N3O4/c1-15(7-10(13)16)12(19)14-6-8-2-4-9(5-3-8)11(17)18/h2-5H,6-7H2,1H3,(H2,13,16)(H,14,19)(H,17,18). The lowest BCUT2D eigenvalue weighted by Crippen LogP contribution is -2.41. The first kappa shape index (κ1) is 14.5. The molecule has 1 aromatic carbocycles. The molecule has 7 heteroatoms. The maximum Gasteiger partial charge on any atom is 0.335 e. The van der Waals surface area contributed by atoms with E-state index < -0.39 is 17.9 Å². The van der Waals surface area contributed by atoms with Crippen LogP contribution in [0.1, 0.15) is 15.9 Å². The number of carboxylic acids is 1. The van der Waals surface area contributed by atoms with E-state index in [0.29, 0.717) is 0 Å². The fourth-order valence-electron chi connectivity index (χ4n) is 1.38. The number of urea groups is 1. The first-order valence-electron chi connectivity index (χ1n) is 5.49. The van der Waals surface area contributed by atoms with Crippen LogP contribution < -0.4 is 11.1 Å². The number of nitrogens with one attached hydrogen (secondary N) is 1. The van der Waals surface area contributed by atoms with Gasteiger partial charge in [-0.05, 0) is 17.7 Å². The number of nitrogens with zero attached hydrogens (tertiary/aromatic N) is 1. The molecule has 0 aliphatic rings. The Kier molecular flexibility index (Phi) is 4.87. The maximum atomic E-state index is 11.5. The Hall–Kier alpha value is -2.57. The minimum atomic E-state index is -1.00. The van der Waals surface area contributed by atoms with Gasteiger partial charge in [-0.1, -0.05) is 12.1 Å². The van der Waals surface area contributed by atoms with E-state index in [2.05, 4.69) is 5.32 Å². The first-order chi connectivity index (χ1) is 8.90. The first-order valence-corrected chi connectivity index (χ1v) is 5.49. The number of amides is 3. The topological polar surface area (TPSA) is 113 Å². The Balaban J connectivity index is 2.50. The lowest BCUT2D eigenvalue weighted by molar-refractivity contribution is -0.118. The van der Waals surface area contributed by atoms with Crippen LogP contribution in [-0.4, -0.2) is 41.5 Å². The van der Waals surface area contributed by atoms with Crippen molar-refractivity contribution >= 4 is 17.9 Å². The highest BCUT2D eigenvalue weighted by Gasteiger charge is 2.10. The smallest absolute Gasteiger partial charge is 0.335 e. The molecule has 0 aliphatic carbocycles. The van der Waals surface area contributed by atoms with Gasteiger partial charge in [-0.3, -0.25) is 4.79 Å². The summed E-state index contributed by atoms with van der Waals surface area (Å²) >= 11 is 0. The van der Waals surface area contributed by atoms with E-state index >= 15 is 0 Å². The summed E-state index contributed by atoms with van der Waals surface area (Å²) < 4.78 is 0. The van der Waals surface area contributed by atoms with Gasteiger partial charge in [0.05, 0.1) is 5.56 Å². The lowest BCUT2D eigenvalue weighted by atomic mass is 10.1. The van der Waals surface area contributed by atoms with E-state index in [1.54, 1.807) is 12.1 Å². The number of benzene rings is 1. The average molecular weight is 265 g/mol. The van der Waals surface area contributed by atoms with Crippen LogP contribution in [0.15, 0.2) is 24.3 Å². The molecule has 0 unspecified atom stereocenters. The molecule has 1 rings (SSSR count). The normalized spacial score (nSPS) is 9.74. The summed E-state index contributed by atoms with van der Waals surface area (Å²) in [4.78, 5) is 34.0. The number of hydrogen-bond donors (Lipinski definition) is 3. The molecule has 0 bridgehead atoms. The molecule has 0 fully saturated rings. The number of likely N-dealkylation sites (N-methyl/N-ethyl adjacent to an activating group) is 1. The van der Waals surface area contributed by atoms with Gasteiger partial charge in [-0.2, -0.15) is 0 Å². The highest BCUT2D eigenvalue weighted by molar-refractivity contribution is 5.87. The fraction of sp³-hybridized carbons (Fsp3) is 0.250. The van der Waals surface area contributed by atoms with E-state index in [4.69, 9.17) is 10.8 Å². The maximum absolute atomic E-state index is 11.5. The Labute approximate surface area is 110 Å². The second-order valence-corrected chi connectivity index (χ2v) is 3.98. The van der Waals surface area contributed by atoms with Crippen molar-refractivity contribution in [3.63, 3.8) is 0 Å². The highest BCUT2D eigenvalue weighted by atomic mass is 16.4. The van der Waals surface area contributed by atoms with Gasteiger partial charge >= 0.3 is 12.0 Å². The summed E-state index contributed by atoms with van der Waals surface area (Å²) in [6, 6.07) is 5.70. The van der Waals surface area contributed by atoms with Gasteiger partial charge in [0.2, 0.25) is 5.91 Å². The predicted molar refractivity (Wildman–Crippen MR) is 67.5 cm³/mol. The molecule has 0 atom stereocenters. The van der Waals surface area contributed by atoms with Gasteiger partial charge in [0.25, 0.3) is 0 Å². The number of primary amides is 1. The second kappa shape index (κ2) is 6.39. The Morgan fingerprint density at radius 1 is 1.26 bits per heavy atom. The number of carbonyl (C=O) groups is 3. The summed E-state index contributed by atoms with van der Waals surface area (Å²) in [5.74, 6) is -1.60. The van der Waals surface area contributed by atoms with E-state index in [1.165, 1.54) is 19.2 Å². The minimum Gasteiger partial charge on any atom is -0.478 e. The summed E-state index contributed by atoms with van der Waals surface area (Å²) in [6.45, 7) is 0.0750. The van der Waals surface area contributed by atoms with Crippen molar-refractivity contribution in [2.45, 2.75) is 6.54 Å². The van der Waals surface area contributed by atoms with Crippen molar-refractivity contribution in [2.24, 2.45) is 5.73 Å². The van der Waals surface area contributed by atoms with Gasteiger partial charge in [0.15, 0.2) is 0 Å². The van der Waals surface area contributed by atoms with Crippen molar-refractivity contribution < 1.29 is 19.5 Å². The van der Waals surface area contributed by atoms with Crippen LogP contribution in [0.25, 0.3) is 0 Å². The molecule has 0 spiro atoms. The molecular weight excluding hydrogens is 250 g/mol. The lowest BCUT2D eigenvalue weighted by Gasteiger charge is -2.16. The van der Waals surface area contributed by atoms with E-state index in [0.717, 1.165) is 10.5 Å². The van der Waals surface area contributed by atoms with Gasteiger partial charge < -0.3 is 21.1 Å². The molecule has 1 aromatic rings. The highest BCUT2D eigenvalue weighted by Crippen LogP contribution is 2.04. The SMILES string of the molecule is CN(CC(N)=O)C(=O)NCc1ccc(C(=O)O)cc1. The Morgan fingerprint density at radius 3 is 2.32 bits per heavy atom. The number of nitrogens with two attached hydrogens (primary N) is 1. The summed E-state index contributed by atoms with van der Waals surface area (Å²) in [5.41, 5.74) is 5.90. The van der Waals surface area contributed by atoms with Crippen LogP contribution in [0.3, 0.4) is 0 Å². The van der Waals surface area contributed by atoms with Crippen LogP contribution in [0, 0.1) is 0 Å². The molecule has 0 saturated heterocycles. The molecule has 0 heterocycles. The molecule has 0 radical (unpaired) electrons. The Morgan fingerprint density at radius 2 is 1.84 bits per heavy atom. The predicted octanol–water partition coefficient (Wildman–Crippen LogP) is 0.0115. The third-order valence-electron chi connectivity index (χ3n) is 2.38. The summed E-state index contributed by atoms with van der Waals surface area (Å²) in [5, 5.41) is 11.3. The number of rotatable bonds is 5. The third kappa shape index (κ3) is 4.66. The monoisotopic (exact) mass is 265 g/mol. The number of hydrogen-bond acceptors (Lipinski definition) is 3. The molecule has 4 N–H and O–H groups in total. The van der Waals surface area contributed by atoms with Crippen LogP contribution >= 0.6 is 0 Å². The molecule has 0 aromatic heterocycles. The molecule has 7 nitrogen and oxygen atoms in total. The minimum absolute atomic E-state index is 0.163. The van der Waals surface area contributed by atoms with Gasteiger partial charge in [-0.15, -0.1) is 0 Å². The average Bonchev–Trinajstić information content (AvgIpc) is 2.35. The third-order valence-corrected chi connectivity index (χ3v) is 2.38. The van der Waals surface area contributed by atoms with Gasteiger partial charge in [0, 0.05) is 13.6 Å². The molecule has 19 heavy (non-hydrogen) atoms. The molecule has 0 aliphatic heterocycles. The van der Waals surface area contributed by atoms with E-state index in [9.17, 15) is 14.4 Å². The quantitative estimate of drug-likeness (QED) is 0.696. The van der Waals surface area contributed by atoms with Crippen molar-refractivity contribution in [1.29, 1.82) is 0 Å². The Bertz CT molecular complexity index is 484. The van der Waals surface area contributed by atoms with Crippen LogP contribution in [0.4, 0.5) is 4.79 Å². The number of carboxylic acid groups (broad SMARTS) is 1. The van der Waals surface area contributed by atoms with Gasteiger partial charge in [0.1, 0.15) is 6.54 Å². The largest absolute Gasteiger partial charge is 0.478 e. The number of aromatic carboxylic acids is 1. The molecule has 0 saturated carbocycles. The van der Waals surface area contributed by atoms with E-state index in [-0.39, 0.29) is 18.7 Å². The zero-order chi connectivity index (χ0) is 14.4. The summed E-state index contributed by atoms with van der Waals surface area (Å²) in [7, 11) is 1.45. The van der Waals surface area contributed by atoms with Crippen LogP contribution in [0.5, 0.6) is 0 Å². The zero-order valence-corrected chi connectivity index (χ0v) is 10.4. The molecular formula is C12H15N3O4. The molecule has 3 amide bonds. The second-order valence-electron chi connectivity index (χ2n) is 3.98. The van der Waals surface area contributed by atoms with E-state index in [1.807, 2.05) is 0 Å². The van der Waals surface area contributed by atoms with Crippen molar-refractivity contribution in [3.8, 4) is 0 Å². The van der Waals surface area contributed by atoms with Crippen LogP contribution in [-0.2, 0) is 11.3 Å². The summed E-state index contributed by atoms with van der Waals surface area (Å²) in [6.07, 6.45) is 0. The van der Waals surface area contributed by atoms with Crippen molar-refractivity contribution in [1.82, 2.24) is 10.2 Å². The van der Waals surface area contributed by atoms with Crippen molar-refractivity contribution in [3.05, 3.63) is 35.4 Å².